The summed E-state index contributed by atoms with van der Waals surface area (Å²) in [6, 6.07) is 12.7. The van der Waals surface area contributed by atoms with Crippen LogP contribution in [0.3, 0.4) is 0 Å². The fourth-order valence-electron chi connectivity index (χ4n) is 3.01. The Labute approximate surface area is 154 Å². The van der Waals surface area contributed by atoms with Crippen LogP contribution in [0.2, 0.25) is 0 Å². The van der Waals surface area contributed by atoms with Crippen molar-refractivity contribution < 1.29 is 4.79 Å². The van der Waals surface area contributed by atoms with E-state index in [4.69, 9.17) is 0 Å². The topological polar surface area (TPSA) is 92.7 Å². The first-order valence-electron chi connectivity index (χ1n) is 8.45. The molecule has 0 aliphatic carbocycles. The number of aromatic nitrogens is 4. The Morgan fingerprint density at radius 3 is 2.85 bits per heavy atom. The predicted octanol–water partition coefficient (Wildman–Crippen LogP) is 2.19. The van der Waals surface area contributed by atoms with Gasteiger partial charge in [0.1, 0.15) is 0 Å². The zero-order valence-corrected chi connectivity index (χ0v) is 14.6. The quantitative estimate of drug-likeness (QED) is 0.584. The summed E-state index contributed by atoms with van der Waals surface area (Å²) in [4.78, 5) is 29.1. The van der Waals surface area contributed by atoms with Crippen LogP contribution in [0.1, 0.15) is 15.9 Å². The number of fused-ring (bicyclic) bond motifs is 1. The Bertz CT molecular complexity index is 1180. The number of carbonyl (C=O) groups excluding carboxylic acids is 1. The summed E-state index contributed by atoms with van der Waals surface area (Å²) in [7, 11) is 1.59. The van der Waals surface area contributed by atoms with Gasteiger partial charge < -0.3 is 5.32 Å². The lowest BCUT2D eigenvalue weighted by Crippen LogP contribution is -2.22. The van der Waals surface area contributed by atoms with Crippen molar-refractivity contribution >= 4 is 16.8 Å². The number of aromatic amines is 1. The number of H-pyrrole nitrogens is 1. The molecule has 0 atom stereocenters. The highest BCUT2D eigenvalue weighted by molar-refractivity contribution is 5.94. The van der Waals surface area contributed by atoms with Crippen molar-refractivity contribution in [2.45, 2.75) is 6.54 Å². The molecular formula is C20H17N5O2. The van der Waals surface area contributed by atoms with Gasteiger partial charge in [0.05, 0.1) is 30.0 Å². The van der Waals surface area contributed by atoms with E-state index in [0.29, 0.717) is 23.0 Å². The molecule has 27 heavy (non-hydrogen) atoms. The lowest BCUT2D eigenvalue weighted by atomic mass is 10.1. The molecule has 1 amide bonds. The molecule has 0 bridgehead atoms. The Hall–Kier alpha value is -3.74. The molecule has 0 radical (unpaired) electrons. The van der Waals surface area contributed by atoms with Crippen LogP contribution >= 0.6 is 0 Å². The molecule has 2 aromatic heterocycles. The molecule has 0 saturated heterocycles. The Morgan fingerprint density at radius 1 is 1.19 bits per heavy atom. The Balaban J connectivity index is 1.69. The molecule has 134 valence electrons. The molecule has 7 heteroatoms. The van der Waals surface area contributed by atoms with Gasteiger partial charge in [0.25, 0.3) is 11.5 Å². The summed E-state index contributed by atoms with van der Waals surface area (Å²) in [5.41, 5.74) is 3.81. The molecule has 4 rings (SSSR count). The Morgan fingerprint density at radius 2 is 2.07 bits per heavy atom. The van der Waals surface area contributed by atoms with Gasteiger partial charge in [-0.2, -0.15) is 5.10 Å². The molecule has 4 aromatic rings. The Kier molecular flexibility index (Phi) is 4.25. The van der Waals surface area contributed by atoms with E-state index in [1.165, 1.54) is 6.33 Å². The smallest absolute Gasteiger partial charge is 0.261 e. The maximum absolute atomic E-state index is 12.8. The maximum Gasteiger partial charge on any atom is 0.261 e. The number of hydrogen-bond acceptors (Lipinski definition) is 4. The highest BCUT2D eigenvalue weighted by Gasteiger charge is 2.09. The van der Waals surface area contributed by atoms with Crippen molar-refractivity contribution in [3.8, 4) is 11.1 Å². The molecule has 0 aliphatic heterocycles. The molecule has 0 aliphatic rings. The normalized spacial score (nSPS) is 10.9. The largest absolute Gasteiger partial charge is 0.355 e. The first kappa shape index (κ1) is 16.7. The van der Waals surface area contributed by atoms with Gasteiger partial charge in [-0.1, -0.05) is 18.2 Å². The van der Waals surface area contributed by atoms with Gasteiger partial charge in [-0.05, 0) is 35.4 Å². The van der Waals surface area contributed by atoms with E-state index in [0.717, 1.165) is 16.7 Å². The average Bonchev–Trinajstić information content (AvgIpc) is 3.24. The van der Waals surface area contributed by atoms with E-state index in [1.54, 1.807) is 48.3 Å². The summed E-state index contributed by atoms with van der Waals surface area (Å²) < 4.78 is 1.54. The summed E-state index contributed by atoms with van der Waals surface area (Å²) in [6.45, 7) is 0.343. The molecule has 0 saturated carbocycles. The van der Waals surface area contributed by atoms with Gasteiger partial charge in [-0.3, -0.25) is 19.3 Å². The van der Waals surface area contributed by atoms with Crippen molar-refractivity contribution in [2.24, 2.45) is 0 Å². The van der Waals surface area contributed by atoms with E-state index in [9.17, 15) is 9.59 Å². The SMILES string of the molecule is CNC(=O)c1cccc(Cn2cnc3cc(-c4cn[nH]c4)ccc3c2=O)c1. The number of benzene rings is 2. The summed E-state index contributed by atoms with van der Waals surface area (Å²) >= 11 is 0. The van der Waals surface area contributed by atoms with Crippen LogP contribution in [0.5, 0.6) is 0 Å². The van der Waals surface area contributed by atoms with Gasteiger partial charge in [0, 0.05) is 24.4 Å². The molecule has 2 N–H and O–H groups in total. The number of carbonyl (C=O) groups is 1. The lowest BCUT2D eigenvalue weighted by Gasteiger charge is -2.09. The monoisotopic (exact) mass is 359 g/mol. The summed E-state index contributed by atoms with van der Waals surface area (Å²) in [5, 5.41) is 9.87. The summed E-state index contributed by atoms with van der Waals surface area (Å²) in [6.07, 6.45) is 5.06. The van der Waals surface area contributed by atoms with Crippen LogP contribution in [0, 0.1) is 0 Å². The molecule has 0 fully saturated rings. The van der Waals surface area contributed by atoms with E-state index < -0.39 is 0 Å². The number of nitrogens with zero attached hydrogens (tertiary/aromatic N) is 3. The van der Waals surface area contributed by atoms with Crippen LogP contribution in [-0.4, -0.2) is 32.7 Å². The van der Waals surface area contributed by atoms with E-state index in [2.05, 4.69) is 20.5 Å². The first-order valence-corrected chi connectivity index (χ1v) is 8.45. The molecule has 2 aromatic carbocycles. The van der Waals surface area contributed by atoms with Crippen molar-refractivity contribution in [1.29, 1.82) is 0 Å². The molecular weight excluding hydrogens is 342 g/mol. The highest BCUT2D eigenvalue weighted by atomic mass is 16.1. The highest BCUT2D eigenvalue weighted by Crippen LogP contribution is 2.20. The lowest BCUT2D eigenvalue weighted by molar-refractivity contribution is 0.0963. The standard InChI is InChI=1S/C20H17N5O2/c1-21-19(26)15-4-2-3-13(7-15)11-25-12-22-18-8-14(16-9-23-24-10-16)5-6-17(18)20(25)27/h2-10,12H,11H2,1H3,(H,21,26)(H,23,24). The fraction of sp³-hybridized carbons (Fsp3) is 0.100. The summed E-state index contributed by atoms with van der Waals surface area (Å²) in [5.74, 6) is -0.160. The van der Waals surface area contributed by atoms with Crippen LogP contribution in [0.25, 0.3) is 22.0 Å². The molecule has 2 heterocycles. The molecule has 0 unspecified atom stereocenters. The van der Waals surface area contributed by atoms with Crippen LogP contribution in [0.15, 0.2) is 66.0 Å². The molecule has 0 spiro atoms. The van der Waals surface area contributed by atoms with E-state index in [-0.39, 0.29) is 11.5 Å². The van der Waals surface area contributed by atoms with E-state index >= 15 is 0 Å². The molecule has 7 nitrogen and oxygen atoms in total. The van der Waals surface area contributed by atoms with Crippen molar-refractivity contribution in [3.05, 3.63) is 82.7 Å². The van der Waals surface area contributed by atoms with Crippen molar-refractivity contribution in [3.63, 3.8) is 0 Å². The third-order valence-corrected chi connectivity index (χ3v) is 4.43. The second-order valence-electron chi connectivity index (χ2n) is 6.18. The van der Waals surface area contributed by atoms with Gasteiger partial charge in [0.15, 0.2) is 0 Å². The second-order valence-corrected chi connectivity index (χ2v) is 6.18. The third kappa shape index (κ3) is 3.22. The van der Waals surface area contributed by atoms with E-state index in [1.807, 2.05) is 18.2 Å². The van der Waals surface area contributed by atoms with Crippen molar-refractivity contribution in [2.75, 3.05) is 7.05 Å². The maximum atomic E-state index is 12.8. The van der Waals surface area contributed by atoms with Gasteiger partial charge in [-0.25, -0.2) is 4.98 Å². The van der Waals surface area contributed by atoms with Gasteiger partial charge >= 0.3 is 0 Å². The minimum absolute atomic E-state index is 0.121. The predicted molar refractivity (Wildman–Crippen MR) is 103 cm³/mol. The zero-order chi connectivity index (χ0) is 18.8. The van der Waals surface area contributed by atoms with Gasteiger partial charge in [0.2, 0.25) is 0 Å². The van der Waals surface area contributed by atoms with Crippen LogP contribution < -0.4 is 10.9 Å². The zero-order valence-electron chi connectivity index (χ0n) is 14.6. The fourth-order valence-corrected chi connectivity index (χ4v) is 3.01. The second kappa shape index (κ2) is 6.87. The minimum Gasteiger partial charge on any atom is -0.355 e. The minimum atomic E-state index is -0.160. The number of amides is 1. The first-order chi connectivity index (χ1) is 13.2. The third-order valence-electron chi connectivity index (χ3n) is 4.43. The number of rotatable bonds is 4. The number of hydrogen-bond donors (Lipinski definition) is 2. The van der Waals surface area contributed by atoms with Crippen LogP contribution in [-0.2, 0) is 6.54 Å². The average molecular weight is 359 g/mol. The van der Waals surface area contributed by atoms with Gasteiger partial charge in [-0.15, -0.1) is 0 Å². The number of nitrogens with one attached hydrogen (secondary N) is 2. The van der Waals surface area contributed by atoms with Crippen molar-refractivity contribution in [1.82, 2.24) is 25.1 Å². The van der Waals surface area contributed by atoms with Crippen LogP contribution in [0.4, 0.5) is 0 Å².